The number of aromatic nitrogens is 3. The Labute approximate surface area is 118 Å². The molecule has 7 heteroatoms. The van der Waals surface area contributed by atoms with Gasteiger partial charge in [0.1, 0.15) is 0 Å². The zero-order valence-corrected chi connectivity index (χ0v) is 12.1. The molecule has 5 nitrogen and oxygen atoms in total. The van der Waals surface area contributed by atoms with E-state index in [-0.39, 0.29) is 11.3 Å². The largest absolute Gasteiger partial charge is 0.467 e. The number of methoxy groups -OCH3 is 1. The van der Waals surface area contributed by atoms with Gasteiger partial charge in [-0.2, -0.15) is 15.0 Å². The van der Waals surface area contributed by atoms with Crippen LogP contribution in [0.15, 0.2) is 22.7 Å². The lowest BCUT2D eigenvalue weighted by Crippen LogP contribution is -2.01. The fourth-order valence-electron chi connectivity index (χ4n) is 1.28. The lowest BCUT2D eigenvalue weighted by Gasteiger charge is -2.07. The van der Waals surface area contributed by atoms with E-state index in [2.05, 4.69) is 36.2 Å². The van der Waals surface area contributed by atoms with E-state index in [4.69, 9.17) is 16.3 Å². The quantitative estimate of drug-likeness (QED) is 0.936. The summed E-state index contributed by atoms with van der Waals surface area (Å²) in [5.74, 6) is 0.336. The van der Waals surface area contributed by atoms with Crippen LogP contribution in [0.2, 0.25) is 5.28 Å². The number of ether oxygens (including phenoxy) is 1. The summed E-state index contributed by atoms with van der Waals surface area (Å²) in [6.07, 6.45) is 0. The predicted molar refractivity (Wildman–Crippen MR) is 73.6 cm³/mol. The molecule has 0 fully saturated rings. The van der Waals surface area contributed by atoms with E-state index in [0.717, 1.165) is 15.7 Å². The molecule has 94 valence electrons. The highest BCUT2D eigenvalue weighted by molar-refractivity contribution is 9.10. The summed E-state index contributed by atoms with van der Waals surface area (Å²) in [4.78, 5) is 11.8. The number of anilines is 2. The summed E-state index contributed by atoms with van der Waals surface area (Å²) >= 11 is 9.22. The second kappa shape index (κ2) is 5.49. The van der Waals surface area contributed by atoms with Gasteiger partial charge in [0.05, 0.1) is 7.11 Å². The van der Waals surface area contributed by atoms with Crippen LogP contribution in [0.4, 0.5) is 11.6 Å². The number of benzene rings is 1. The van der Waals surface area contributed by atoms with E-state index < -0.39 is 0 Å². The predicted octanol–water partition coefficient (Wildman–Crippen LogP) is 3.35. The molecule has 0 unspecified atom stereocenters. The minimum absolute atomic E-state index is 0.0792. The van der Waals surface area contributed by atoms with Gasteiger partial charge in [-0.05, 0) is 36.2 Å². The number of hydrogen-bond donors (Lipinski definition) is 1. The Hall–Kier alpha value is -1.40. The fourth-order valence-corrected chi connectivity index (χ4v) is 1.81. The van der Waals surface area contributed by atoms with Crippen molar-refractivity contribution in [3.8, 4) is 6.01 Å². The highest BCUT2D eigenvalue weighted by Crippen LogP contribution is 2.23. The van der Waals surface area contributed by atoms with Gasteiger partial charge in [-0.1, -0.05) is 22.0 Å². The van der Waals surface area contributed by atoms with Crippen LogP contribution >= 0.6 is 27.5 Å². The van der Waals surface area contributed by atoms with E-state index in [0.29, 0.717) is 5.95 Å². The summed E-state index contributed by atoms with van der Waals surface area (Å²) in [5.41, 5.74) is 1.99. The molecule has 18 heavy (non-hydrogen) atoms. The minimum Gasteiger partial charge on any atom is -0.467 e. The summed E-state index contributed by atoms with van der Waals surface area (Å²) in [6.45, 7) is 2.01. The average Bonchev–Trinajstić information content (AvgIpc) is 2.33. The molecule has 0 amide bonds. The van der Waals surface area contributed by atoms with Crippen LogP contribution in [0.3, 0.4) is 0 Å². The highest BCUT2D eigenvalue weighted by Gasteiger charge is 2.06. The van der Waals surface area contributed by atoms with E-state index in [1.54, 1.807) is 0 Å². The molecular weight excluding hydrogens is 320 g/mol. The molecule has 0 aliphatic carbocycles. The van der Waals surface area contributed by atoms with Crippen molar-refractivity contribution in [3.63, 3.8) is 0 Å². The van der Waals surface area contributed by atoms with Crippen molar-refractivity contribution in [3.05, 3.63) is 33.5 Å². The molecule has 0 saturated carbocycles. The van der Waals surface area contributed by atoms with Crippen LogP contribution in [-0.2, 0) is 0 Å². The molecule has 0 aliphatic heterocycles. The molecule has 0 bridgehead atoms. The molecule has 1 N–H and O–H groups in total. The Bertz CT molecular complexity index is 579. The number of nitrogens with one attached hydrogen (secondary N) is 1. The molecule has 1 heterocycles. The standard InChI is InChI=1S/C11H10BrClN4O/c1-6-3-4-7(5-8(6)12)14-10-15-9(13)16-11(17-10)18-2/h3-5H,1-2H3,(H,14,15,16,17). The lowest BCUT2D eigenvalue weighted by molar-refractivity contribution is 0.379. The Morgan fingerprint density at radius 2 is 2.06 bits per heavy atom. The highest BCUT2D eigenvalue weighted by atomic mass is 79.9. The van der Waals surface area contributed by atoms with Gasteiger partial charge in [0, 0.05) is 10.2 Å². The molecule has 0 aliphatic rings. The van der Waals surface area contributed by atoms with Crippen molar-refractivity contribution < 1.29 is 4.74 Å². The third kappa shape index (κ3) is 3.08. The summed E-state index contributed by atoms with van der Waals surface area (Å²) in [6, 6.07) is 6.00. The maximum absolute atomic E-state index is 5.76. The summed E-state index contributed by atoms with van der Waals surface area (Å²) in [5, 5.41) is 3.11. The fraction of sp³-hybridized carbons (Fsp3) is 0.182. The first kappa shape index (κ1) is 13.0. The van der Waals surface area contributed by atoms with Crippen LogP contribution < -0.4 is 10.1 Å². The Balaban J connectivity index is 2.27. The van der Waals surface area contributed by atoms with Gasteiger partial charge in [-0.15, -0.1) is 0 Å². The van der Waals surface area contributed by atoms with Crippen LogP contribution in [0, 0.1) is 6.92 Å². The molecule has 0 spiro atoms. The van der Waals surface area contributed by atoms with Gasteiger partial charge in [0.2, 0.25) is 11.2 Å². The Morgan fingerprint density at radius 1 is 1.28 bits per heavy atom. The van der Waals surface area contributed by atoms with E-state index >= 15 is 0 Å². The second-order valence-electron chi connectivity index (χ2n) is 3.50. The van der Waals surface area contributed by atoms with Crippen LogP contribution in [0.25, 0.3) is 0 Å². The SMILES string of the molecule is COc1nc(Cl)nc(Nc2ccc(C)c(Br)c2)n1. The number of nitrogens with zero attached hydrogens (tertiary/aromatic N) is 3. The van der Waals surface area contributed by atoms with E-state index in [9.17, 15) is 0 Å². The second-order valence-corrected chi connectivity index (χ2v) is 4.70. The Kier molecular flexibility index (Phi) is 3.98. The van der Waals surface area contributed by atoms with Crippen molar-refractivity contribution in [2.45, 2.75) is 6.92 Å². The average molecular weight is 330 g/mol. The summed E-state index contributed by atoms with van der Waals surface area (Å²) in [7, 11) is 1.47. The maximum atomic E-state index is 5.76. The third-order valence-corrected chi connectivity index (χ3v) is 3.22. The minimum atomic E-state index is 0.0792. The van der Waals surface area contributed by atoms with Gasteiger partial charge in [-0.3, -0.25) is 0 Å². The zero-order chi connectivity index (χ0) is 13.1. The third-order valence-electron chi connectivity index (χ3n) is 2.20. The molecule has 0 saturated heterocycles. The van der Waals surface area contributed by atoms with Crippen molar-refractivity contribution in [1.29, 1.82) is 0 Å². The first-order valence-corrected chi connectivity index (χ1v) is 6.24. The van der Waals surface area contributed by atoms with Gasteiger partial charge >= 0.3 is 6.01 Å². The van der Waals surface area contributed by atoms with Gasteiger partial charge in [0.25, 0.3) is 0 Å². The molecule has 2 rings (SSSR count). The molecule has 2 aromatic rings. The molecule has 1 aromatic heterocycles. The number of rotatable bonds is 3. The van der Waals surface area contributed by atoms with Gasteiger partial charge < -0.3 is 10.1 Å². The van der Waals surface area contributed by atoms with E-state index in [1.807, 2.05) is 25.1 Å². The molecule has 0 radical (unpaired) electrons. The van der Waals surface area contributed by atoms with Crippen LogP contribution in [0.5, 0.6) is 6.01 Å². The summed E-state index contributed by atoms with van der Waals surface area (Å²) < 4.78 is 5.92. The number of hydrogen-bond acceptors (Lipinski definition) is 5. The van der Waals surface area contributed by atoms with Crippen LogP contribution in [-0.4, -0.2) is 22.1 Å². The van der Waals surface area contributed by atoms with Crippen molar-refractivity contribution in [2.75, 3.05) is 12.4 Å². The van der Waals surface area contributed by atoms with Gasteiger partial charge in [-0.25, -0.2) is 0 Å². The molecular formula is C11H10BrClN4O. The first-order valence-electron chi connectivity index (χ1n) is 5.07. The molecule has 0 atom stereocenters. The van der Waals surface area contributed by atoms with Crippen LogP contribution in [0.1, 0.15) is 5.56 Å². The lowest BCUT2D eigenvalue weighted by atomic mass is 10.2. The zero-order valence-electron chi connectivity index (χ0n) is 9.74. The van der Waals surface area contributed by atoms with Crippen molar-refractivity contribution in [2.24, 2.45) is 0 Å². The van der Waals surface area contributed by atoms with Gasteiger partial charge in [0.15, 0.2) is 0 Å². The first-order chi connectivity index (χ1) is 8.58. The maximum Gasteiger partial charge on any atom is 0.322 e. The number of aryl methyl sites for hydroxylation is 1. The van der Waals surface area contributed by atoms with E-state index in [1.165, 1.54) is 7.11 Å². The van der Waals surface area contributed by atoms with Crippen molar-refractivity contribution in [1.82, 2.24) is 15.0 Å². The smallest absolute Gasteiger partial charge is 0.322 e. The monoisotopic (exact) mass is 328 g/mol. The normalized spacial score (nSPS) is 10.2. The Morgan fingerprint density at radius 3 is 2.72 bits per heavy atom. The topological polar surface area (TPSA) is 59.9 Å². The molecule has 1 aromatic carbocycles. The number of halogens is 2. The van der Waals surface area contributed by atoms with Crippen molar-refractivity contribution >= 4 is 39.2 Å².